The zero-order chi connectivity index (χ0) is 42.9. The third-order valence-electron chi connectivity index (χ3n) is 16.4. The highest BCUT2D eigenvalue weighted by Crippen LogP contribution is 2.70. The Bertz CT molecular complexity index is 1630. The second kappa shape index (κ2) is 17.1. The van der Waals surface area contributed by atoms with Crippen LogP contribution in [0.25, 0.3) is 0 Å². The van der Waals surface area contributed by atoms with E-state index in [9.17, 15) is 29.7 Å². The number of carbonyl (C=O) groups excluding carboxylic acids is 3. The molecule has 0 amide bonds. The fraction of sp³-hybridized carbons (Fsp3) is 0.889. The zero-order valence-electron chi connectivity index (χ0n) is 36.3. The Labute approximate surface area is 353 Å². The molecule has 7 fully saturated rings. The first-order chi connectivity index (χ1) is 28.4. The molecule has 338 valence electrons. The summed E-state index contributed by atoms with van der Waals surface area (Å²) in [7, 11) is 0. The number of carbonyl (C=O) groups is 3. The predicted octanol–water partition coefficient (Wildman–Crippen LogP) is 4.39. The van der Waals surface area contributed by atoms with Crippen LogP contribution in [0.4, 0.5) is 0 Å². The molecule has 3 N–H and O–H groups in total. The van der Waals surface area contributed by atoms with Crippen molar-refractivity contribution in [3.05, 3.63) is 11.6 Å². The summed E-state index contributed by atoms with van der Waals surface area (Å²) in [5.74, 6) is 0.0322. The van der Waals surface area contributed by atoms with Gasteiger partial charge >= 0.3 is 17.9 Å². The number of hydrogen-bond acceptors (Lipinski definition) is 15. The molecule has 0 radical (unpaired) electrons. The SMILES string of the molecule is CC(=O)O[C@H]1C[C@H](O[C@H]2CC[C@@]3(C)[C@H](CC[C@@H]4[C@@H]3CC[C@]3(C)[C@@H](C5=CC(=O)OC5)CC[C@]43O)C2)O[C@H](C)[C@H]1O[C@H]1C[C@H](OC(C)=O)[C@H](O[C@H]2C[C@H](O)[C@H](O)[C@@H](C)O2)[C@@H](C)O1. The van der Waals surface area contributed by atoms with E-state index in [1.807, 2.05) is 6.92 Å². The molecule has 15 heteroatoms. The van der Waals surface area contributed by atoms with Crippen molar-refractivity contribution in [2.45, 2.75) is 211 Å². The van der Waals surface area contributed by atoms with E-state index < -0.39 is 91.3 Å². The van der Waals surface area contributed by atoms with Crippen LogP contribution in [0.2, 0.25) is 0 Å². The van der Waals surface area contributed by atoms with Crippen molar-refractivity contribution in [1.29, 1.82) is 0 Å². The highest BCUT2D eigenvalue weighted by atomic mass is 16.7. The van der Waals surface area contributed by atoms with E-state index in [1.54, 1.807) is 19.9 Å². The maximum Gasteiger partial charge on any atom is 0.331 e. The average molecular weight is 849 g/mol. The van der Waals surface area contributed by atoms with Gasteiger partial charge in [-0.15, -0.1) is 0 Å². The lowest BCUT2D eigenvalue weighted by atomic mass is 9.43. The molecule has 8 rings (SSSR count). The molecular formula is C45H68O15. The fourth-order valence-electron chi connectivity index (χ4n) is 13.4. The molecule has 4 saturated carbocycles. The van der Waals surface area contributed by atoms with E-state index in [4.69, 9.17) is 42.6 Å². The van der Waals surface area contributed by atoms with Gasteiger partial charge in [0.05, 0.1) is 36.1 Å². The van der Waals surface area contributed by atoms with Crippen molar-refractivity contribution in [1.82, 2.24) is 0 Å². The maximum atomic E-state index is 12.6. The normalized spacial score (nSPS) is 50.4. The minimum absolute atomic E-state index is 0.0311. The Morgan fingerprint density at radius 3 is 1.90 bits per heavy atom. The van der Waals surface area contributed by atoms with E-state index in [2.05, 4.69) is 13.8 Å². The Morgan fingerprint density at radius 2 is 1.32 bits per heavy atom. The van der Waals surface area contributed by atoms with Gasteiger partial charge in [0, 0.05) is 44.6 Å². The smallest absolute Gasteiger partial charge is 0.331 e. The Morgan fingerprint density at radius 1 is 0.717 bits per heavy atom. The molecule has 4 aliphatic carbocycles. The van der Waals surface area contributed by atoms with E-state index in [0.29, 0.717) is 18.4 Å². The van der Waals surface area contributed by atoms with Crippen LogP contribution in [0, 0.1) is 34.5 Å². The summed E-state index contributed by atoms with van der Waals surface area (Å²) in [5, 5.41) is 33.1. The zero-order valence-corrected chi connectivity index (χ0v) is 36.3. The van der Waals surface area contributed by atoms with Gasteiger partial charge in [-0.05, 0) is 113 Å². The van der Waals surface area contributed by atoms with Gasteiger partial charge in [0.25, 0.3) is 0 Å². The first-order valence-electron chi connectivity index (χ1n) is 22.6. The van der Waals surface area contributed by atoms with E-state index >= 15 is 0 Å². The summed E-state index contributed by atoms with van der Waals surface area (Å²) < 4.78 is 54.8. The molecule has 0 aromatic rings. The fourth-order valence-corrected chi connectivity index (χ4v) is 13.4. The number of ether oxygens (including phenoxy) is 9. The minimum Gasteiger partial charge on any atom is -0.459 e. The lowest BCUT2D eigenvalue weighted by Gasteiger charge is -2.64. The highest BCUT2D eigenvalue weighted by Gasteiger charge is 2.68. The number of fused-ring (bicyclic) bond motifs is 5. The molecule has 3 saturated heterocycles. The molecule has 60 heavy (non-hydrogen) atoms. The van der Waals surface area contributed by atoms with Crippen LogP contribution in [0.5, 0.6) is 0 Å². The largest absolute Gasteiger partial charge is 0.459 e. The van der Waals surface area contributed by atoms with E-state index in [0.717, 1.165) is 63.4 Å². The first kappa shape index (κ1) is 44.4. The third kappa shape index (κ3) is 8.21. The van der Waals surface area contributed by atoms with Crippen molar-refractivity contribution < 1.29 is 72.3 Å². The summed E-state index contributed by atoms with van der Waals surface area (Å²) in [6.45, 7) is 13.0. The van der Waals surface area contributed by atoms with Crippen LogP contribution < -0.4 is 0 Å². The first-order valence-corrected chi connectivity index (χ1v) is 22.6. The van der Waals surface area contributed by atoms with Crippen molar-refractivity contribution in [2.24, 2.45) is 34.5 Å². The lowest BCUT2D eigenvalue weighted by molar-refractivity contribution is -0.337. The van der Waals surface area contributed by atoms with Gasteiger partial charge in [-0.1, -0.05) is 13.8 Å². The second-order valence-corrected chi connectivity index (χ2v) is 19.9. The van der Waals surface area contributed by atoms with Gasteiger partial charge in [-0.2, -0.15) is 0 Å². The molecule has 15 nitrogen and oxygen atoms in total. The summed E-state index contributed by atoms with van der Waals surface area (Å²) in [6.07, 6.45) is 1.34. The summed E-state index contributed by atoms with van der Waals surface area (Å²) in [6, 6.07) is 0. The Balaban J connectivity index is 0.883. The van der Waals surface area contributed by atoms with Gasteiger partial charge < -0.3 is 58.0 Å². The molecular weight excluding hydrogens is 780 g/mol. The van der Waals surface area contributed by atoms with E-state index in [1.165, 1.54) is 13.8 Å². The van der Waals surface area contributed by atoms with Gasteiger partial charge in [-0.25, -0.2) is 4.79 Å². The van der Waals surface area contributed by atoms with Crippen molar-refractivity contribution in [2.75, 3.05) is 6.61 Å². The second-order valence-electron chi connectivity index (χ2n) is 19.9. The number of aliphatic hydroxyl groups is 3. The van der Waals surface area contributed by atoms with Crippen molar-refractivity contribution >= 4 is 17.9 Å². The van der Waals surface area contributed by atoms with Crippen molar-refractivity contribution in [3.63, 3.8) is 0 Å². The number of hydrogen-bond donors (Lipinski definition) is 3. The number of cyclic esters (lactones) is 1. The van der Waals surface area contributed by atoms with Crippen LogP contribution in [0.3, 0.4) is 0 Å². The van der Waals surface area contributed by atoms with Gasteiger partial charge in [-0.3, -0.25) is 9.59 Å². The topological polar surface area (TPSA) is 195 Å². The van der Waals surface area contributed by atoms with Crippen LogP contribution in [-0.4, -0.2) is 125 Å². The van der Waals surface area contributed by atoms with Gasteiger partial charge in [0.1, 0.15) is 37.1 Å². The van der Waals surface area contributed by atoms with Gasteiger partial charge in [0.15, 0.2) is 18.9 Å². The summed E-state index contributed by atoms with van der Waals surface area (Å²) >= 11 is 0. The summed E-state index contributed by atoms with van der Waals surface area (Å²) in [5.41, 5.74) is 0.105. The average Bonchev–Trinajstić information content (AvgIpc) is 3.72. The molecule has 0 unspecified atom stereocenters. The molecule has 0 aromatic carbocycles. The molecule has 0 aromatic heterocycles. The van der Waals surface area contributed by atoms with Crippen molar-refractivity contribution in [3.8, 4) is 0 Å². The minimum atomic E-state index is -1.04. The quantitative estimate of drug-likeness (QED) is 0.168. The molecule has 20 atom stereocenters. The Hall–Kier alpha value is -2.21. The monoisotopic (exact) mass is 848 g/mol. The predicted molar refractivity (Wildman–Crippen MR) is 210 cm³/mol. The van der Waals surface area contributed by atoms with Crippen LogP contribution in [-0.2, 0) is 57.0 Å². The van der Waals surface area contributed by atoms with E-state index in [-0.39, 0.29) is 54.0 Å². The third-order valence-corrected chi connectivity index (χ3v) is 16.4. The molecule has 8 aliphatic rings. The van der Waals surface area contributed by atoms with Gasteiger partial charge in [0.2, 0.25) is 0 Å². The number of rotatable bonds is 9. The maximum absolute atomic E-state index is 12.6. The highest BCUT2D eigenvalue weighted by molar-refractivity contribution is 5.85. The number of aliphatic hydroxyl groups excluding tert-OH is 2. The lowest BCUT2D eigenvalue weighted by Crippen LogP contribution is -2.62. The molecule has 0 bridgehead atoms. The van der Waals surface area contributed by atoms with Crippen LogP contribution in [0.15, 0.2) is 11.6 Å². The standard InChI is InChI=1S/C45H68O15/c1-22-40(50)33(48)18-37(53-22)59-41-24(3)55-39(20-35(41)57-26(5)47)60-42-23(2)54-38(19-34(42)56-25(4)46)58-29-10-13-43(6)28(17-29)8-9-32-31(43)11-14-44(7)30(12-15-45(32,44)51)27-16-36(49)52-21-27/h16,22-24,28-35,37-42,48,50-51H,8-15,17-21H2,1-7H3/t22-,23-,24-,28-,29+,30-,31+,32-,33+,34+,35+,37+,38+,39+,40-,41-,42-,43+,44-,45+/m1/s1. The number of esters is 3. The summed E-state index contributed by atoms with van der Waals surface area (Å²) in [4.78, 5) is 36.7. The molecule has 0 spiro atoms. The molecule has 4 heterocycles. The van der Waals surface area contributed by atoms with Crippen LogP contribution in [0.1, 0.15) is 126 Å². The Kier molecular flexibility index (Phi) is 12.6. The van der Waals surface area contributed by atoms with Crippen LogP contribution >= 0.6 is 0 Å². The molecule has 4 aliphatic heterocycles.